The molecule has 0 bridgehead atoms. The van der Waals surface area contributed by atoms with Gasteiger partial charge in [-0.3, -0.25) is 14.4 Å². The van der Waals surface area contributed by atoms with Crippen LogP contribution in [0.3, 0.4) is 0 Å². The van der Waals surface area contributed by atoms with Crippen LogP contribution in [-0.2, 0) is 27.2 Å². The maximum absolute atomic E-state index is 13.2. The summed E-state index contributed by atoms with van der Waals surface area (Å²) in [6.45, 7) is 1.30. The second kappa shape index (κ2) is 11.0. The first-order valence-electron chi connectivity index (χ1n) is 10.6. The Hall–Kier alpha value is -4.00. The average Bonchev–Trinajstić information content (AvgIpc) is 2.80. The highest BCUT2D eigenvalue weighted by atomic mass is 19.1. The minimum absolute atomic E-state index is 0.142. The topological polar surface area (TPSA) is 101 Å². The van der Waals surface area contributed by atoms with Crippen LogP contribution in [0.1, 0.15) is 18.1 Å². The van der Waals surface area contributed by atoms with Gasteiger partial charge < -0.3 is 16.4 Å². The minimum Gasteiger partial charge on any atom is -0.368 e. The van der Waals surface area contributed by atoms with Gasteiger partial charge in [-0.1, -0.05) is 66.7 Å². The molecule has 3 rings (SSSR count). The predicted octanol–water partition coefficient (Wildman–Crippen LogP) is 2.75. The van der Waals surface area contributed by atoms with E-state index in [1.54, 1.807) is 0 Å². The van der Waals surface area contributed by atoms with Crippen molar-refractivity contribution >= 4 is 17.7 Å². The molecule has 4 N–H and O–H groups in total. The fourth-order valence-electron chi connectivity index (χ4n) is 3.51. The van der Waals surface area contributed by atoms with E-state index in [0.29, 0.717) is 5.56 Å². The number of benzene rings is 3. The lowest BCUT2D eigenvalue weighted by atomic mass is 9.99. The van der Waals surface area contributed by atoms with Gasteiger partial charge in [0.25, 0.3) is 0 Å². The Bertz CT molecular complexity index is 1100. The Morgan fingerprint density at radius 2 is 1.27 bits per heavy atom. The fourth-order valence-corrected chi connectivity index (χ4v) is 3.51. The smallest absolute Gasteiger partial charge is 0.243 e. The van der Waals surface area contributed by atoms with Crippen molar-refractivity contribution in [3.63, 3.8) is 0 Å². The molecule has 33 heavy (non-hydrogen) atoms. The molecule has 0 aliphatic heterocycles. The number of rotatable bonds is 9. The van der Waals surface area contributed by atoms with Crippen LogP contribution < -0.4 is 16.4 Å². The minimum atomic E-state index is -0.954. The number of carbonyl (C=O) groups excluding carboxylic acids is 3. The van der Waals surface area contributed by atoms with Gasteiger partial charge in [0.2, 0.25) is 17.7 Å². The lowest BCUT2D eigenvalue weighted by molar-refractivity contribution is -0.130. The van der Waals surface area contributed by atoms with Crippen LogP contribution in [0.25, 0.3) is 11.1 Å². The Morgan fingerprint density at radius 3 is 1.82 bits per heavy atom. The number of nitrogens with two attached hydrogens (primary N) is 1. The van der Waals surface area contributed by atoms with Crippen LogP contribution in [0.15, 0.2) is 78.9 Å². The summed E-state index contributed by atoms with van der Waals surface area (Å²) in [6.07, 6.45) is 0.350. The lowest BCUT2D eigenvalue weighted by Gasteiger charge is -2.22. The molecule has 0 aromatic heterocycles. The molecular formula is C26H26FN3O3. The third-order valence-electron chi connectivity index (χ3n) is 5.21. The van der Waals surface area contributed by atoms with Crippen LogP contribution in [0.5, 0.6) is 0 Å². The highest BCUT2D eigenvalue weighted by molar-refractivity contribution is 5.91. The van der Waals surface area contributed by atoms with Gasteiger partial charge in [0.05, 0.1) is 0 Å². The highest BCUT2D eigenvalue weighted by Gasteiger charge is 2.25. The summed E-state index contributed by atoms with van der Waals surface area (Å²) in [5.41, 5.74) is 9.14. The molecule has 0 radical (unpaired) electrons. The van der Waals surface area contributed by atoms with Gasteiger partial charge in [0.1, 0.15) is 17.9 Å². The van der Waals surface area contributed by atoms with Crippen molar-refractivity contribution in [2.75, 3.05) is 0 Å². The van der Waals surface area contributed by atoms with Gasteiger partial charge >= 0.3 is 0 Å². The zero-order valence-electron chi connectivity index (χ0n) is 18.3. The maximum Gasteiger partial charge on any atom is 0.243 e. The summed E-state index contributed by atoms with van der Waals surface area (Å²) in [7, 11) is 0. The molecule has 3 aromatic rings. The third-order valence-corrected chi connectivity index (χ3v) is 5.21. The summed E-state index contributed by atoms with van der Waals surface area (Å²) >= 11 is 0. The number of halogens is 1. The van der Waals surface area contributed by atoms with Crippen molar-refractivity contribution in [1.82, 2.24) is 10.6 Å². The zero-order valence-corrected chi connectivity index (χ0v) is 18.3. The van der Waals surface area contributed by atoms with Gasteiger partial charge in [-0.2, -0.15) is 0 Å². The molecule has 0 heterocycles. The third kappa shape index (κ3) is 7.00. The highest BCUT2D eigenvalue weighted by Crippen LogP contribution is 2.19. The molecule has 0 fully saturated rings. The molecular weight excluding hydrogens is 421 g/mol. The summed E-state index contributed by atoms with van der Waals surface area (Å²) in [5, 5.41) is 5.23. The molecule has 0 aliphatic rings. The summed E-state index contributed by atoms with van der Waals surface area (Å²) in [6, 6.07) is 21.3. The first-order chi connectivity index (χ1) is 15.8. The molecule has 0 saturated carbocycles. The van der Waals surface area contributed by atoms with Gasteiger partial charge in [0.15, 0.2) is 0 Å². The van der Waals surface area contributed by atoms with Gasteiger partial charge in [-0.05, 0) is 34.4 Å². The van der Waals surface area contributed by atoms with Crippen LogP contribution in [0, 0.1) is 5.82 Å². The van der Waals surface area contributed by atoms with Crippen LogP contribution in [0.4, 0.5) is 4.39 Å². The van der Waals surface area contributed by atoms with Gasteiger partial charge in [-0.25, -0.2) is 4.39 Å². The Labute approximate surface area is 192 Å². The molecule has 0 spiro atoms. The van der Waals surface area contributed by atoms with Crippen molar-refractivity contribution < 1.29 is 18.8 Å². The molecule has 7 heteroatoms. The Morgan fingerprint density at radius 1 is 0.758 bits per heavy atom. The first-order valence-corrected chi connectivity index (χ1v) is 10.6. The molecule has 0 aliphatic carbocycles. The van der Waals surface area contributed by atoms with Crippen molar-refractivity contribution in [2.24, 2.45) is 5.73 Å². The SMILES string of the molecule is CC(=O)N[C@@H](Cc1ccc(F)cc1)C(=O)N[C@@H](Cc1ccc(-c2ccccc2)cc1)C(N)=O. The van der Waals surface area contributed by atoms with E-state index in [1.807, 2.05) is 54.6 Å². The van der Waals surface area contributed by atoms with Crippen molar-refractivity contribution in [1.29, 1.82) is 0 Å². The first kappa shape index (κ1) is 23.7. The summed E-state index contributed by atoms with van der Waals surface area (Å²) < 4.78 is 13.2. The van der Waals surface area contributed by atoms with E-state index in [2.05, 4.69) is 10.6 Å². The van der Waals surface area contributed by atoms with Crippen LogP contribution in [-0.4, -0.2) is 29.8 Å². The van der Waals surface area contributed by atoms with E-state index in [-0.39, 0.29) is 12.8 Å². The van der Waals surface area contributed by atoms with Crippen LogP contribution >= 0.6 is 0 Å². The van der Waals surface area contributed by atoms with Crippen molar-refractivity contribution in [2.45, 2.75) is 31.8 Å². The van der Waals surface area contributed by atoms with Crippen molar-refractivity contribution in [3.8, 4) is 11.1 Å². The van der Waals surface area contributed by atoms with Crippen LogP contribution in [0.2, 0.25) is 0 Å². The zero-order chi connectivity index (χ0) is 23.8. The van der Waals surface area contributed by atoms with Crippen molar-refractivity contribution in [3.05, 3.63) is 95.8 Å². The summed E-state index contributed by atoms with van der Waals surface area (Å²) in [5.74, 6) is -2.02. The second-order valence-electron chi connectivity index (χ2n) is 7.81. The maximum atomic E-state index is 13.2. The van der Waals surface area contributed by atoms with E-state index in [0.717, 1.165) is 16.7 Å². The Kier molecular flexibility index (Phi) is 7.91. The standard InChI is InChI=1S/C26H26FN3O3/c1-17(31)29-24(16-19-9-13-22(27)14-10-19)26(33)30-23(25(28)32)15-18-7-11-21(12-8-18)20-5-3-2-4-6-20/h2-14,23-24H,15-16H2,1H3,(H2,28,32)(H,29,31)(H,30,33)/t23-,24-/m0/s1. The average molecular weight is 448 g/mol. The van der Waals surface area contributed by atoms with Gasteiger partial charge in [-0.15, -0.1) is 0 Å². The molecule has 2 atom stereocenters. The normalized spacial score (nSPS) is 12.4. The lowest BCUT2D eigenvalue weighted by Crippen LogP contribution is -2.54. The van der Waals surface area contributed by atoms with E-state index in [4.69, 9.17) is 5.73 Å². The predicted molar refractivity (Wildman–Crippen MR) is 124 cm³/mol. The number of hydrogen-bond acceptors (Lipinski definition) is 3. The summed E-state index contributed by atoms with van der Waals surface area (Å²) in [4.78, 5) is 36.6. The van der Waals surface area contributed by atoms with E-state index >= 15 is 0 Å². The molecule has 170 valence electrons. The van der Waals surface area contributed by atoms with E-state index < -0.39 is 35.6 Å². The molecule has 0 saturated heterocycles. The number of primary amides is 1. The second-order valence-corrected chi connectivity index (χ2v) is 7.81. The molecule has 0 unspecified atom stereocenters. The number of nitrogens with one attached hydrogen (secondary N) is 2. The largest absolute Gasteiger partial charge is 0.368 e. The molecule has 6 nitrogen and oxygen atoms in total. The Balaban J connectivity index is 1.70. The number of hydrogen-bond donors (Lipinski definition) is 3. The van der Waals surface area contributed by atoms with E-state index in [9.17, 15) is 18.8 Å². The van der Waals surface area contributed by atoms with E-state index in [1.165, 1.54) is 31.2 Å². The molecule has 3 amide bonds. The quantitative estimate of drug-likeness (QED) is 0.470. The monoisotopic (exact) mass is 447 g/mol. The number of carbonyl (C=O) groups is 3. The van der Waals surface area contributed by atoms with Gasteiger partial charge in [0, 0.05) is 19.8 Å². The molecule has 3 aromatic carbocycles. The number of amides is 3. The fraction of sp³-hybridized carbons (Fsp3) is 0.192.